The highest BCUT2D eigenvalue weighted by atomic mass is 35.5. The maximum atomic E-state index is 14.2. The maximum Gasteiger partial charge on any atom is 0.410 e. The van der Waals surface area contributed by atoms with Gasteiger partial charge in [0.1, 0.15) is 5.60 Å². The molecule has 1 unspecified atom stereocenters. The lowest BCUT2D eigenvalue weighted by Gasteiger charge is -2.39. The van der Waals surface area contributed by atoms with Gasteiger partial charge in [-0.15, -0.1) is 0 Å². The van der Waals surface area contributed by atoms with Crippen molar-refractivity contribution in [2.75, 3.05) is 30.5 Å². The molecule has 0 saturated carbocycles. The lowest BCUT2D eigenvalue weighted by atomic mass is 9.88. The molecule has 0 radical (unpaired) electrons. The molecule has 2 aliphatic rings. The van der Waals surface area contributed by atoms with E-state index in [1.165, 1.54) is 22.5 Å². The second-order valence-corrected chi connectivity index (χ2v) is 15.7. The SMILES string of the molecule is CC(C)(C)OC(=O)N1CCC(CCNC(=O)CNC(=O)CC2c3ccccc3-c3ccccc3N2S(=O)(=O)c2ccc(Cl)c(Cl)c2)CC1. The molecule has 5 rings (SSSR count). The summed E-state index contributed by atoms with van der Waals surface area (Å²) in [5.41, 5.74) is 2.08. The van der Waals surface area contributed by atoms with Crippen LogP contribution in [0.2, 0.25) is 10.0 Å². The van der Waals surface area contributed by atoms with E-state index >= 15 is 0 Å². The lowest BCUT2D eigenvalue weighted by molar-refractivity contribution is -0.126. The van der Waals surface area contributed by atoms with Crippen LogP contribution >= 0.6 is 23.2 Å². The molecule has 0 aromatic heterocycles. The molecule has 256 valence electrons. The van der Waals surface area contributed by atoms with Crippen LogP contribution in [0.4, 0.5) is 10.5 Å². The minimum Gasteiger partial charge on any atom is -0.444 e. The zero-order valence-electron chi connectivity index (χ0n) is 27.2. The number of ether oxygens (including phenoxy) is 1. The smallest absolute Gasteiger partial charge is 0.410 e. The standard InChI is InChI=1S/C35H40Cl2N4O6S/c1-35(2,3)47-34(44)40-18-15-23(16-19-40)14-17-38-33(43)22-39-32(42)21-31-27-10-5-4-8-25(27)26-9-6-7-11-30(26)41(31)48(45,46)24-12-13-28(36)29(37)20-24/h4-13,20,23,31H,14-19,21-22H2,1-3H3,(H,38,43)(H,39,42). The van der Waals surface area contributed by atoms with Gasteiger partial charge in [0.05, 0.1) is 39.6 Å². The van der Waals surface area contributed by atoms with Crippen molar-refractivity contribution in [1.29, 1.82) is 0 Å². The van der Waals surface area contributed by atoms with E-state index in [4.69, 9.17) is 27.9 Å². The van der Waals surface area contributed by atoms with Crippen molar-refractivity contribution < 1.29 is 27.5 Å². The average Bonchev–Trinajstić information content (AvgIpc) is 3.04. The van der Waals surface area contributed by atoms with E-state index in [0.29, 0.717) is 42.4 Å². The Balaban J connectivity index is 1.21. The molecule has 1 saturated heterocycles. The van der Waals surface area contributed by atoms with Crippen molar-refractivity contribution >= 4 is 56.8 Å². The molecule has 2 aliphatic heterocycles. The van der Waals surface area contributed by atoms with Crippen LogP contribution in [0.1, 0.15) is 58.1 Å². The number of amides is 3. The summed E-state index contributed by atoms with van der Waals surface area (Å²) >= 11 is 12.3. The number of hydrogen-bond donors (Lipinski definition) is 2. The Labute approximate surface area is 291 Å². The van der Waals surface area contributed by atoms with Crippen LogP contribution in [-0.4, -0.2) is 63.0 Å². The molecule has 2 heterocycles. The van der Waals surface area contributed by atoms with Gasteiger partial charge < -0.3 is 20.3 Å². The summed E-state index contributed by atoms with van der Waals surface area (Å²) in [4.78, 5) is 40.0. The quantitative estimate of drug-likeness (QED) is 0.258. The van der Waals surface area contributed by atoms with Crippen LogP contribution in [0.5, 0.6) is 0 Å². The first kappa shape index (κ1) is 35.5. The highest BCUT2D eigenvalue weighted by Crippen LogP contribution is 2.48. The number of halogens is 2. The Bertz CT molecular complexity index is 1790. The fourth-order valence-electron chi connectivity index (χ4n) is 6.10. The van der Waals surface area contributed by atoms with Crippen LogP contribution in [0.15, 0.2) is 71.6 Å². The molecule has 1 atom stereocenters. The van der Waals surface area contributed by atoms with E-state index in [9.17, 15) is 22.8 Å². The van der Waals surface area contributed by atoms with Gasteiger partial charge in [-0.2, -0.15) is 0 Å². The molecule has 3 aromatic rings. The summed E-state index contributed by atoms with van der Waals surface area (Å²) < 4.78 is 35.2. The largest absolute Gasteiger partial charge is 0.444 e. The Hall–Kier alpha value is -3.80. The zero-order chi connectivity index (χ0) is 34.6. The molecule has 10 nitrogen and oxygen atoms in total. The third kappa shape index (κ3) is 8.25. The van der Waals surface area contributed by atoms with Gasteiger partial charge in [-0.1, -0.05) is 65.7 Å². The number of carbonyl (C=O) groups is 3. The van der Waals surface area contributed by atoms with Gasteiger partial charge in [0.15, 0.2) is 0 Å². The number of fused-ring (bicyclic) bond motifs is 3. The minimum absolute atomic E-state index is 0.0635. The number of carbonyl (C=O) groups excluding carboxylic acids is 3. The molecule has 0 spiro atoms. The van der Waals surface area contributed by atoms with Crippen molar-refractivity contribution in [3.05, 3.63) is 82.3 Å². The molecule has 1 fully saturated rings. The molecule has 2 N–H and O–H groups in total. The monoisotopic (exact) mass is 714 g/mol. The highest BCUT2D eigenvalue weighted by molar-refractivity contribution is 7.92. The minimum atomic E-state index is -4.22. The summed E-state index contributed by atoms with van der Waals surface area (Å²) in [5.74, 6) is -0.464. The highest BCUT2D eigenvalue weighted by Gasteiger charge is 2.40. The van der Waals surface area contributed by atoms with Crippen molar-refractivity contribution in [3.63, 3.8) is 0 Å². The fraction of sp³-hybridized carbons (Fsp3) is 0.400. The van der Waals surface area contributed by atoms with E-state index < -0.39 is 27.6 Å². The lowest BCUT2D eigenvalue weighted by Crippen LogP contribution is -2.43. The van der Waals surface area contributed by atoms with Crippen LogP contribution in [0.25, 0.3) is 11.1 Å². The topological polar surface area (TPSA) is 125 Å². The van der Waals surface area contributed by atoms with E-state index in [-0.39, 0.29) is 39.9 Å². The number of benzene rings is 3. The Morgan fingerprint density at radius 2 is 1.54 bits per heavy atom. The van der Waals surface area contributed by atoms with Crippen LogP contribution < -0.4 is 14.9 Å². The number of anilines is 1. The summed E-state index contributed by atoms with van der Waals surface area (Å²) in [6, 6.07) is 17.7. The first-order valence-electron chi connectivity index (χ1n) is 15.9. The van der Waals surface area contributed by atoms with Crippen LogP contribution in [0.3, 0.4) is 0 Å². The van der Waals surface area contributed by atoms with E-state index in [0.717, 1.165) is 24.8 Å². The molecule has 3 amide bonds. The van der Waals surface area contributed by atoms with Crippen molar-refractivity contribution in [1.82, 2.24) is 15.5 Å². The number of nitrogens with one attached hydrogen (secondary N) is 2. The Morgan fingerprint density at radius 1 is 0.875 bits per heavy atom. The number of para-hydroxylation sites is 1. The summed E-state index contributed by atoms with van der Waals surface area (Å²) in [7, 11) is -4.22. The molecule has 3 aromatic carbocycles. The van der Waals surface area contributed by atoms with Gasteiger partial charge in [-0.3, -0.25) is 13.9 Å². The van der Waals surface area contributed by atoms with Crippen molar-refractivity contribution in [2.45, 2.75) is 63.0 Å². The van der Waals surface area contributed by atoms with E-state index in [1.807, 2.05) is 51.1 Å². The first-order valence-corrected chi connectivity index (χ1v) is 18.1. The van der Waals surface area contributed by atoms with Gasteiger partial charge >= 0.3 is 6.09 Å². The molecule has 0 aliphatic carbocycles. The predicted molar refractivity (Wildman–Crippen MR) is 187 cm³/mol. The molecule has 0 bridgehead atoms. The predicted octanol–water partition coefficient (Wildman–Crippen LogP) is 6.57. The number of piperidine rings is 1. The molecule has 13 heteroatoms. The second kappa shape index (κ2) is 14.8. The molecular formula is C35H40Cl2N4O6S. The van der Waals surface area contributed by atoms with Crippen molar-refractivity contribution in [2.24, 2.45) is 5.92 Å². The van der Waals surface area contributed by atoms with Gasteiger partial charge in [-0.25, -0.2) is 13.2 Å². The Morgan fingerprint density at radius 3 is 2.23 bits per heavy atom. The number of sulfonamides is 1. The number of hydrogen-bond acceptors (Lipinski definition) is 6. The third-order valence-electron chi connectivity index (χ3n) is 8.45. The summed E-state index contributed by atoms with van der Waals surface area (Å²) in [6.45, 7) is 6.93. The van der Waals surface area contributed by atoms with Gasteiger partial charge in [0.2, 0.25) is 11.8 Å². The fourth-order valence-corrected chi connectivity index (χ4v) is 8.13. The number of likely N-dealkylation sites (tertiary alicyclic amines) is 1. The van der Waals surface area contributed by atoms with Crippen LogP contribution in [0, 0.1) is 5.92 Å². The van der Waals surface area contributed by atoms with Crippen LogP contribution in [-0.2, 0) is 24.3 Å². The first-order chi connectivity index (χ1) is 22.7. The Kier molecular flexibility index (Phi) is 10.9. The molecular weight excluding hydrogens is 675 g/mol. The van der Waals surface area contributed by atoms with Crippen molar-refractivity contribution in [3.8, 4) is 11.1 Å². The van der Waals surface area contributed by atoms with Gasteiger partial charge in [-0.05, 0) is 81.3 Å². The van der Waals surface area contributed by atoms with Gasteiger partial charge in [0, 0.05) is 25.2 Å². The van der Waals surface area contributed by atoms with Gasteiger partial charge in [0.25, 0.3) is 10.0 Å². The normalized spacial score (nSPS) is 16.5. The maximum absolute atomic E-state index is 14.2. The number of nitrogens with zero attached hydrogens (tertiary/aromatic N) is 2. The third-order valence-corrected chi connectivity index (χ3v) is 11.0. The summed E-state index contributed by atoms with van der Waals surface area (Å²) in [6.07, 6.45) is 1.86. The average molecular weight is 716 g/mol. The molecule has 48 heavy (non-hydrogen) atoms. The summed E-state index contributed by atoms with van der Waals surface area (Å²) in [5, 5.41) is 5.84. The van der Waals surface area contributed by atoms with E-state index in [2.05, 4.69) is 10.6 Å². The van der Waals surface area contributed by atoms with E-state index in [1.54, 1.807) is 23.1 Å². The zero-order valence-corrected chi connectivity index (χ0v) is 29.5. The number of rotatable bonds is 9. The second-order valence-electron chi connectivity index (χ2n) is 13.0.